The molecule has 21 heavy (non-hydrogen) atoms. The van der Waals surface area contributed by atoms with Crippen molar-refractivity contribution in [2.24, 2.45) is 0 Å². The molecule has 0 aromatic rings. The van der Waals surface area contributed by atoms with Gasteiger partial charge in [-0.2, -0.15) is 17.0 Å². The maximum atomic E-state index is 12.4. The summed E-state index contributed by atoms with van der Waals surface area (Å²) in [6.07, 6.45) is 5.01. The molecule has 1 aliphatic heterocycles. The molecule has 120 valence electrons. The van der Waals surface area contributed by atoms with E-state index in [1.807, 2.05) is 0 Å². The summed E-state index contributed by atoms with van der Waals surface area (Å²) in [6, 6.07) is -0.705. The van der Waals surface area contributed by atoms with Gasteiger partial charge in [-0.1, -0.05) is 5.92 Å². The van der Waals surface area contributed by atoms with Crippen LogP contribution in [0, 0.1) is 12.3 Å². The fourth-order valence-corrected chi connectivity index (χ4v) is 5.34. The van der Waals surface area contributed by atoms with Crippen molar-refractivity contribution in [2.45, 2.75) is 18.9 Å². The van der Waals surface area contributed by atoms with Crippen molar-refractivity contribution in [3.05, 3.63) is 0 Å². The summed E-state index contributed by atoms with van der Waals surface area (Å²) in [4.78, 5) is 10.5. The molecule has 0 bridgehead atoms. The van der Waals surface area contributed by atoms with Crippen LogP contribution in [0.1, 0.15) is 12.8 Å². The minimum absolute atomic E-state index is 0.0763. The van der Waals surface area contributed by atoms with Crippen LogP contribution in [0.3, 0.4) is 0 Å². The van der Waals surface area contributed by atoms with E-state index in [1.165, 1.54) is 7.05 Å². The summed E-state index contributed by atoms with van der Waals surface area (Å²) < 4.78 is 49.6. The van der Waals surface area contributed by atoms with Gasteiger partial charge in [0, 0.05) is 19.6 Å². The van der Waals surface area contributed by atoms with Crippen LogP contribution in [0.25, 0.3) is 0 Å². The molecule has 1 heterocycles. The van der Waals surface area contributed by atoms with Crippen LogP contribution < -0.4 is 0 Å². The lowest BCUT2D eigenvalue weighted by atomic mass is 10.3. The third-order valence-corrected chi connectivity index (χ3v) is 6.93. The Bertz CT molecular complexity index is 634. The van der Waals surface area contributed by atoms with Crippen LogP contribution >= 0.6 is 0 Å². The predicted octanol–water partition coefficient (Wildman–Crippen LogP) is -1.24. The number of carboxylic acid groups (broad SMARTS) is 1. The van der Waals surface area contributed by atoms with Gasteiger partial charge in [0.15, 0.2) is 9.84 Å². The van der Waals surface area contributed by atoms with Crippen LogP contribution in [-0.4, -0.2) is 74.2 Å². The molecule has 0 spiro atoms. The highest BCUT2D eigenvalue weighted by atomic mass is 32.2. The van der Waals surface area contributed by atoms with Gasteiger partial charge in [-0.05, 0) is 6.42 Å². The summed E-state index contributed by atoms with van der Waals surface area (Å²) in [7, 11) is -6.01. The maximum absolute atomic E-state index is 12.4. The highest BCUT2D eigenvalue weighted by Gasteiger charge is 2.39. The Morgan fingerprint density at radius 1 is 1.48 bits per heavy atom. The zero-order valence-corrected chi connectivity index (χ0v) is 13.2. The number of carboxylic acids is 1. The largest absolute Gasteiger partial charge is 0.481 e. The van der Waals surface area contributed by atoms with Gasteiger partial charge in [-0.25, -0.2) is 8.42 Å². The van der Waals surface area contributed by atoms with E-state index in [-0.39, 0.29) is 37.4 Å². The number of hydrogen-bond acceptors (Lipinski definition) is 5. The number of rotatable bonds is 7. The second-order valence-corrected chi connectivity index (χ2v) is 9.00. The Labute approximate surface area is 124 Å². The molecule has 0 aromatic carbocycles. The number of aliphatic carboxylic acids is 1. The second kappa shape index (κ2) is 6.74. The number of sulfone groups is 1. The quantitative estimate of drug-likeness (QED) is 0.581. The first-order valence-corrected chi connectivity index (χ1v) is 9.41. The highest BCUT2D eigenvalue weighted by molar-refractivity contribution is 7.91. The average molecular weight is 338 g/mol. The Morgan fingerprint density at radius 3 is 2.52 bits per heavy atom. The zero-order valence-electron chi connectivity index (χ0n) is 11.6. The van der Waals surface area contributed by atoms with Crippen molar-refractivity contribution >= 4 is 26.0 Å². The highest BCUT2D eigenvalue weighted by Crippen LogP contribution is 2.21. The minimum atomic E-state index is -4.00. The van der Waals surface area contributed by atoms with E-state index >= 15 is 0 Å². The maximum Gasteiger partial charge on any atom is 0.304 e. The molecule has 0 radical (unpaired) electrons. The van der Waals surface area contributed by atoms with E-state index in [1.54, 1.807) is 0 Å². The molecule has 1 rings (SSSR count). The smallest absolute Gasteiger partial charge is 0.304 e. The predicted molar refractivity (Wildman–Crippen MR) is 76.4 cm³/mol. The molecule has 1 unspecified atom stereocenters. The van der Waals surface area contributed by atoms with Crippen LogP contribution in [-0.2, 0) is 24.8 Å². The molecule has 1 aliphatic rings. The number of terminal acetylenes is 1. The fraction of sp³-hybridized carbons (Fsp3) is 0.727. The van der Waals surface area contributed by atoms with Gasteiger partial charge in [0.2, 0.25) is 0 Å². The van der Waals surface area contributed by atoms with E-state index < -0.39 is 32.1 Å². The average Bonchev–Trinajstić information content (AvgIpc) is 2.72. The SMILES string of the molecule is C#CCN(C1CCS(=O)(=O)C1)S(=O)(=O)N(C)CCC(=O)O. The Kier molecular flexibility index (Phi) is 5.75. The standard InChI is InChI=1S/C11H18N2O6S2/c1-3-6-13(10-5-8-20(16,17)9-10)21(18,19)12(2)7-4-11(14)15/h1,10H,4-9H2,2H3,(H,14,15). The molecule has 1 N–H and O–H groups in total. The van der Waals surface area contributed by atoms with Gasteiger partial charge in [-0.15, -0.1) is 6.42 Å². The van der Waals surface area contributed by atoms with Gasteiger partial charge >= 0.3 is 5.97 Å². The van der Waals surface area contributed by atoms with Gasteiger partial charge in [-0.3, -0.25) is 4.79 Å². The molecular weight excluding hydrogens is 320 g/mol. The van der Waals surface area contributed by atoms with Crippen molar-refractivity contribution in [2.75, 3.05) is 31.6 Å². The van der Waals surface area contributed by atoms with Crippen molar-refractivity contribution < 1.29 is 26.7 Å². The molecule has 8 nitrogen and oxygen atoms in total. The normalized spacial score (nSPS) is 21.5. The Balaban J connectivity index is 2.93. The molecule has 10 heteroatoms. The van der Waals surface area contributed by atoms with Crippen molar-refractivity contribution in [1.82, 2.24) is 8.61 Å². The number of hydrogen-bond donors (Lipinski definition) is 1. The molecular formula is C11H18N2O6S2. The van der Waals surface area contributed by atoms with E-state index in [0.717, 1.165) is 8.61 Å². The lowest BCUT2D eigenvalue weighted by Crippen LogP contribution is -2.48. The van der Waals surface area contributed by atoms with Crippen LogP contribution in [0.15, 0.2) is 0 Å². The zero-order chi connectivity index (χ0) is 16.3. The lowest BCUT2D eigenvalue weighted by Gasteiger charge is -2.29. The molecule has 1 fully saturated rings. The van der Waals surface area contributed by atoms with Gasteiger partial charge in [0.05, 0.1) is 24.5 Å². The summed E-state index contributed by atoms with van der Waals surface area (Å²) in [5.74, 6) is 0.746. The first kappa shape index (κ1) is 17.9. The summed E-state index contributed by atoms with van der Waals surface area (Å²) in [5.41, 5.74) is 0. The third-order valence-electron chi connectivity index (χ3n) is 3.19. The summed E-state index contributed by atoms with van der Waals surface area (Å²) >= 11 is 0. The first-order chi connectivity index (χ1) is 9.60. The van der Waals surface area contributed by atoms with Gasteiger partial charge < -0.3 is 5.11 Å². The fourth-order valence-electron chi connectivity index (χ4n) is 2.04. The molecule has 0 aliphatic carbocycles. The lowest BCUT2D eigenvalue weighted by molar-refractivity contribution is -0.137. The number of carbonyl (C=O) groups is 1. The topological polar surface area (TPSA) is 112 Å². The Hall–Kier alpha value is -1.15. The monoisotopic (exact) mass is 338 g/mol. The van der Waals surface area contributed by atoms with Gasteiger partial charge in [0.1, 0.15) is 0 Å². The molecule has 1 atom stereocenters. The summed E-state index contributed by atoms with van der Waals surface area (Å²) in [6.45, 7) is -0.460. The third kappa shape index (κ3) is 4.67. The first-order valence-electron chi connectivity index (χ1n) is 6.19. The summed E-state index contributed by atoms with van der Waals surface area (Å²) in [5, 5.41) is 8.60. The van der Waals surface area contributed by atoms with E-state index in [0.29, 0.717) is 0 Å². The number of nitrogens with zero attached hydrogens (tertiary/aromatic N) is 2. The second-order valence-electron chi connectivity index (χ2n) is 4.78. The van der Waals surface area contributed by atoms with E-state index in [4.69, 9.17) is 11.5 Å². The van der Waals surface area contributed by atoms with Crippen molar-refractivity contribution in [1.29, 1.82) is 0 Å². The van der Waals surface area contributed by atoms with Crippen LogP contribution in [0.5, 0.6) is 0 Å². The Morgan fingerprint density at radius 2 is 2.10 bits per heavy atom. The van der Waals surface area contributed by atoms with Crippen LogP contribution in [0.2, 0.25) is 0 Å². The van der Waals surface area contributed by atoms with Crippen molar-refractivity contribution in [3.63, 3.8) is 0 Å². The van der Waals surface area contributed by atoms with E-state index in [9.17, 15) is 21.6 Å². The molecule has 1 saturated heterocycles. The minimum Gasteiger partial charge on any atom is -0.481 e. The van der Waals surface area contributed by atoms with Crippen LogP contribution in [0.4, 0.5) is 0 Å². The van der Waals surface area contributed by atoms with Gasteiger partial charge in [0.25, 0.3) is 10.2 Å². The molecule has 0 amide bonds. The molecule has 0 saturated carbocycles. The molecule has 0 aromatic heterocycles. The van der Waals surface area contributed by atoms with E-state index in [2.05, 4.69) is 5.92 Å². The van der Waals surface area contributed by atoms with Crippen molar-refractivity contribution in [3.8, 4) is 12.3 Å².